The topological polar surface area (TPSA) is 58.6 Å². The molecule has 1 aromatic rings. The summed E-state index contributed by atoms with van der Waals surface area (Å²) in [5.74, 6) is -0.947. The van der Waals surface area contributed by atoms with Crippen molar-refractivity contribution in [1.82, 2.24) is 10.2 Å². The van der Waals surface area contributed by atoms with E-state index in [0.717, 1.165) is 0 Å². The molecule has 2 rings (SSSR count). The van der Waals surface area contributed by atoms with E-state index in [0.29, 0.717) is 16.8 Å². The van der Waals surface area contributed by atoms with Gasteiger partial charge in [-0.25, -0.2) is 14.0 Å². The Labute approximate surface area is 122 Å². The zero-order chi connectivity index (χ0) is 15.6. The molecule has 112 valence electrons. The molecule has 0 bridgehead atoms. The Morgan fingerprint density at radius 1 is 1.48 bits per heavy atom. The van der Waals surface area contributed by atoms with Crippen molar-refractivity contribution in [3.63, 3.8) is 0 Å². The Kier molecular flexibility index (Phi) is 4.26. The molecule has 6 heteroatoms. The molecule has 1 atom stereocenters. The fourth-order valence-electron chi connectivity index (χ4n) is 2.24. The maximum Gasteiger partial charge on any atom is 0.338 e. The van der Waals surface area contributed by atoms with Crippen LogP contribution in [0.25, 0.3) is 0 Å². The average Bonchev–Trinajstić information content (AvgIpc) is 2.44. The average molecular weight is 292 g/mol. The SMILES string of the molecule is CCOC(=O)C1=C(C)N(C)C(=O)NC1c1cccc(F)c1. The van der Waals surface area contributed by atoms with Crippen LogP contribution in [-0.2, 0) is 9.53 Å². The summed E-state index contributed by atoms with van der Waals surface area (Å²) in [6.07, 6.45) is 0. The van der Waals surface area contributed by atoms with Gasteiger partial charge in [-0.1, -0.05) is 12.1 Å². The van der Waals surface area contributed by atoms with Gasteiger partial charge in [-0.15, -0.1) is 0 Å². The lowest BCUT2D eigenvalue weighted by molar-refractivity contribution is -0.139. The van der Waals surface area contributed by atoms with Crippen molar-refractivity contribution < 1.29 is 18.7 Å². The molecule has 1 aromatic carbocycles. The number of amides is 2. The van der Waals surface area contributed by atoms with Crippen LogP contribution in [-0.4, -0.2) is 30.6 Å². The second kappa shape index (κ2) is 5.95. The second-order valence-corrected chi connectivity index (χ2v) is 4.72. The van der Waals surface area contributed by atoms with Gasteiger partial charge in [0.25, 0.3) is 0 Å². The van der Waals surface area contributed by atoms with Gasteiger partial charge in [-0.2, -0.15) is 0 Å². The van der Waals surface area contributed by atoms with Gasteiger partial charge in [-0.05, 0) is 31.5 Å². The van der Waals surface area contributed by atoms with Crippen molar-refractivity contribution >= 4 is 12.0 Å². The van der Waals surface area contributed by atoms with Gasteiger partial charge >= 0.3 is 12.0 Å². The van der Waals surface area contributed by atoms with Crippen molar-refractivity contribution in [1.29, 1.82) is 0 Å². The molecule has 0 saturated carbocycles. The number of ether oxygens (including phenoxy) is 1. The number of hydrogen-bond donors (Lipinski definition) is 1. The van der Waals surface area contributed by atoms with Crippen LogP contribution in [0.15, 0.2) is 35.5 Å². The highest BCUT2D eigenvalue weighted by Gasteiger charge is 2.34. The molecule has 1 N–H and O–H groups in total. The molecular weight excluding hydrogens is 275 g/mol. The van der Waals surface area contributed by atoms with E-state index in [-0.39, 0.29) is 12.6 Å². The first-order valence-corrected chi connectivity index (χ1v) is 6.63. The lowest BCUT2D eigenvalue weighted by Gasteiger charge is -2.33. The standard InChI is InChI=1S/C15H17FN2O3/c1-4-21-14(19)12-9(2)18(3)15(20)17-13(12)10-6-5-7-11(16)8-10/h5-8,13H,4H2,1-3H3,(H,17,20). The third-order valence-corrected chi connectivity index (χ3v) is 3.43. The highest BCUT2D eigenvalue weighted by atomic mass is 19.1. The Morgan fingerprint density at radius 2 is 2.19 bits per heavy atom. The number of benzene rings is 1. The first-order chi connectivity index (χ1) is 9.95. The monoisotopic (exact) mass is 292 g/mol. The number of carbonyl (C=O) groups is 2. The maximum atomic E-state index is 13.4. The van der Waals surface area contributed by atoms with E-state index in [2.05, 4.69) is 5.32 Å². The molecule has 0 saturated heterocycles. The molecule has 0 radical (unpaired) electrons. The van der Waals surface area contributed by atoms with E-state index < -0.39 is 17.8 Å². The molecule has 5 nitrogen and oxygen atoms in total. The van der Waals surface area contributed by atoms with E-state index in [1.165, 1.54) is 23.1 Å². The van der Waals surface area contributed by atoms with E-state index >= 15 is 0 Å². The van der Waals surface area contributed by atoms with Crippen LogP contribution in [0.4, 0.5) is 9.18 Å². The van der Waals surface area contributed by atoms with Crippen LogP contribution >= 0.6 is 0 Å². The Bertz CT molecular complexity index is 613. The highest BCUT2D eigenvalue weighted by molar-refractivity contribution is 5.94. The van der Waals surface area contributed by atoms with Crippen molar-refractivity contribution in [2.24, 2.45) is 0 Å². The first kappa shape index (κ1) is 15.0. The number of carbonyl (C=O) groups excluding carboxylic acids is 2. The van der Waals surface area contributed by atoms with Gasteiger partial charge in [0.2, 0.25) is 0 Å². The molecule has 0 fully saturated rings. The number of halogens is 1. The number of nitrogens with one attached hydrogen (secondary N) is 1. The third kappa shape index (κ3) is 2.89. The van der Waals surface area contributed by atoms with Gasteiger partial charge in [0.05, 0.1) is 18.2 Å². The minimum atomic E-state index is -0.719. The fourth-order valence-corrected chi connectivity index (χ4v) is 2.24. The van der Waals surface area contributed by atoms with Crippen molar-refractivity contribution in [3.8, 4) is 0 Å². The molecule has 2 amide bonds. The van der Waals surface area contributed by atoms with E-state index in [1.807, 2.05) is 0 Å². The molecule has 0 aromatic heterocycles. The van der Waals surface area contributed by atoms with Crippen LogP contribution in [0.1, 0.15) is 25.5 Å². The number of urea groups is 1. The zero-order valence-electron chi connectivity index (χ0n) is 12.1. The summed E-state index contributed by atoms with van der Waals surface area (Å²) in [6.45, 7) is 3.59. The minimum absolute atomic E-state index is 0.225. The predicted octanol–water partition coefficient (Wildman–Crippen LogP) is 2.36. The third-order valence-electron chi connectivity index (χ3n) is 3.43. The summed E-state index contributed by atoms with van der Waals surface area (Å²) < 4.78 is 18.5. The first-order valence-electron chi connectivity index (χ1n) is 6.63. The summed E-state index contributed by atoms with van der Waals surface area (Å²) in [5.41, 5.74) is 1.30. The van der Waals surface area contributed by atoms with E-state index in [4.69, 9.17) is 4.74 Å². The summed E-state index contributed by atoms with van der Waals surface area (Å²) in [5, 5.41) is 2.69. The summed E-state index contributed by atoms with van der Waals surface area (Å²) in [4.78, 5) is 25.4. The number of esters is 1. The van der Waals surface area contributed by atoms with Crippen molar-refractivity contribution in [3.05, 3.63) is 46.9 Å². The second-order valence-electron chi connectivity index (χ2n) is 4.72. The minimum Gasteiger partial charge on any atom is -0.463 e. The van der Waals surface area contributed by atoms with Gasteiger partial charge in [0, 0.05) is 12.7 Å². The summed E-state index contributed by atoms with van der Waals surface area (Å²) in [6, 6.07) is 4.72. The Hall–Kier alpha value is -2.37. The Balaban J connectivity index is 2.51. The van der Waals surface area contributed by atoms with Gasteiger partial charge in [-0.3, -0.25) is 0 Å². The molecule has 0 spiro atoms. The predicted molar refractivity (Wildman–Crippen MR) is 74.8 cm³/mol. The normalized spacial score (nSPS) is 18.6. The summed E-state index contributed by atoms with van der Waals surface area (Å²) >= 11 is 0. The zero-order valence-corrected chi connectivity index (χ0v) is 12.1. The van der Waals surface area contributed by atoms with Gasteiger partial charge in [0.15, 0.2) is 0 Å². The quantitative estimate of drug-likeness (QED) is 0.870. The number of allylic oxidation sites excluding steroid dienone is 1. The van der Waals surface area contributed by atoms with Crippen molar-refractivity contribution in [2.75, 3.05) is 13.7 Å². The molecule has 0 aliphatic carbocycles. The number of rotatable bonds is 3. The smallest absolute Gasteiger partial charge is 0.338 e. The molecule has 1 heterocycles. The Morgan fingerprint density at radius 3 is 2.81 bits per heavy atom. The number of nitrogens with zero attached hydrogens (tertiary/aromatic N) is 1. The number of hydrogen-bond acceptors (Lipinski definition) is 3. The van der Waals surface area contributed by atoms with E-state index in [1.54, 1.807) is 27.0 Å². The van der Waals surface area contributed by atoms with Crippen LogP contribution in [0.2, 0.25) is 0 Å². The molecular formula is C15H17FN2O3. The largest absolute Gasteiger partial charge is 0.463 e. The van der Waals surface area contributed by atoms with Crippen LogP contribution in [0, 0.1) is 5.82 Å². The molecule has 1 aliphatic rings. The maximum absolute atomic E-state index is 13.4. The lowest BCUT2D eigenvalue weighted by atomic mass is 9.95. The van der Waals surface area contributed by atoms with Gasteiger partial charge < -0.3 is 15.0 Å². The van der Waals surface area contributed by atoms with Crippen molar-refractivity contribution in [2.45, 2.75) is 19.9 Å². The lowest BCUT2D eigenvalue weighted by Crippen LogP contribution is -2.46. The molecule has 1 unspecified atom stereocenters. The van der Waals surface area contributed by atoms with Crippen LogP contribution in [0.5, 0.6) is 0 Å². The fraction of sp³-hybridized carbons (Fsp3) is 0.333. The van der Waals surface area contributed by atoms with Gasteiger partial charge in [0.1, 0.15) is 5.82 Å². The highest BCUT2D eigenvalue weighted by Crippen LogP contribution is 2.30. The molecule has 21 heavy (non-hydrogen) atoms. The van der Waals surface area contributed by atoms with Crippen LogP contribution in [0.3, 0.4) is 0 Å². The van der Waals surface area contributed by atoms with Crippen LogP contribution < -0.4 is 5.32 Å². The summed E-state index contributed by atoms with van der Waals surface area (Å²) in [7, 11) is 1.56. The molecule has 1 aliphatic heterocycles. The van der Waals surface area contributed by atoms with E-state index in [9.17, 15) is 14.0 Å².